The van der Waals surface area contributed by atoms with Crippen LogP contribution in [0.2, 0.25) is 0 Å². The lowest BCUT2D eigenvalue weighted by molar-refractivity contribution is -0.119. The highest BCUT2D eigenvalue weighted by Crippen LogP contribution is 2.32. The summed E-state index contributed by atoms with van der Waals surface area (Å²) < 4.78 is 9.01. The zero-order valence-electron chi connectivity index (χ0n) is 18.5. The molecule has 11 heteroatoms. The molecular formula is C23H22N7O4-. The third kappa shape index (κ3) is 3.98. The molecule has 1 unspecified atom stereocenters. The molecule has 0 saturated heterocycles. The molecule has 0 aliphatic carbocycles. The van der Waals surface area contributed by atoms with Crippen LogP contribution in [0.1, 0.15) is 23.7 Å². The van der Waals surface area contributed by atoms with Crippen molar-refractivity contribution in [2.75, 3.05) is 17.7 Å². The van der Waals surface area contributed by atoms with Crippen molar-refractivity contribution < 1.29 is 14.7 Å². The Bertz CT molecular complexity index is 1360. The first kappa shape index (κ1) is 21.6. The Kier molecular flexibility index (Phi) is 5.48. The minimum atomic E-state index is -0.579. The molecule has 0 spiro atoms. The van der Waals surface area contributed by atoms with Crippen LogP contribution in [-0.4, -0.2) is 42.8 Å². The van der Waals surface area contributed by atoms with Crippen molar-refractivity contribution in [1.29, 1.82) is 0 Å². The molecule has 4 aromatic rings. The van der Waals surface area contributed by atoms with E-state index in [1.807, 2.05) is 35.9 Å². The van der Waals surface area contributed by atoms with Crippen molar-refractivity contribution in [3.05, 3.63) is 71.6 Å². The van der Waals surface area contributed by atoms with Gasteiger partial charge in [0, 0.05) is 17.4 Å². The van der Waals surface area contributed by atoms with Crippen molar-refractivity contribution >= 4 is 17.3 Å². The van der Waals surface area contributed by atoms with E-state index in [0.29, 0.717) is 30.0 Å². The Morgan fingerprint density at radius 3 is 2.82 bits per heavy atom. The van der Waals surface area contributed by atoms with Crippen molar-refractivity contribution in [1.82, 2.24) is 24.5 Å². The number of methoxy groups -OCH3 is 1. The number of aryl methyl sites for hydroxylation is 2. The summed E-state index contributed by atoms with van der Waals surface area (Å²) in [6.07, 6.45) is 6.34. The van der Waals surface area contributed by atoms with Crippen molar-refractivity contribution in [3.8, 4) is 22.7 Å². The number of hydrogen-bond acceptors (Lipinski definition) is 8. The van der Waals surface area contributed by atoms with Gasteiger partial charge in [0.15, 0.2) is 0 Å². The third-order valence-corrected chi connectivity index (χ3v) is 5.85. The highest BCUT2D eigenvalue weighted by Gasteiger charge is 2.27. The Hall–Kier alpha value is -4.22. The van der Waals surface area contributed by atoms with Crippen LogP contribution in [0.5, 0.6) is 5.75 Å². The maximum atomic E-state index is 12.9. The van der Waals surface area contributed by atoms with Gasteiger partial charge in [-0.05, 0) is 55.7 Å². The quantitative estimate of drug-likeness (QED) is 0.434. The number of anilines is 2. The maximum Gasteiger partial charge on any atom is 0.249 e. The topological polar surface area (TPSA) is 133 Å². The fourth-order valence-electron chi connectivity index (χ4n) is 4.08. The van der Waals surface area contributed by atoms with E-state index in [1.165, 1.54) is 6.07 Å². The van der Waals surface area contributed by atoms with Crippen LogP contribution in [-0.2, 0) is 11.2 Å². The van der Waals surface area contributed by atoms with Gasteiger partial charge in [0.2, 0.25) is 5.91 Å². The zero-order chi connectivity index (χ0) is 23.8. The Balaban J connectivity index is 1.40. The Morgan fingerprint density at radius 2 is 2.09 bits per heavy atom. The van der Waals surface area contributed by atoms with Gasteiger partial charge in [0.1, 0.15) is 17.5 Å². The Morgan fingerprint density at radius 1 is 1.24 bits per heavy atom. The molecule has 34 heavy (non-hydrogen) atoms. The molecule has 1 amide bonds. The van der Waals surface area contributed by atoms with Gasteiger partial charge in [-0.25, -0.2) is 9.67 Å². The van der Waals surface area contributed by atoms with E-state index in [9.17, 15) is 10.0 Å². The predicted molar refractivity (Wildman–Crippen MR) is 124 cm³/mol. The maximum absolute atomic E-state index is 12.9. The number of benzene rings is 2. The van der Waals surface area contributed by atoms with Crippen LogP contribution in [0.4, 0.5) is 11.4 Å². The average molecular weight is 460 g/mol. The summed E-state index contributed by atoms with van der Waals surface area (Å²) in [5, 5.41) is 31.5. The van der Waals surface area contributed by atoms with E-state index in [0.717, 1.165) is 22.5 Å². The number of carbonyl (C=O) groups is 1. The van der Waals surface area contributed by atoms with Gasteiger partial charge in [0.05, 0.1) is 36.7 Å². The predicted octanol–water partition coefficient (Wildman–Crippen LogP) is 3.27. The smallest absolute Gasteiger partial charge is 0.249 e. The third-order valence-electron chi connectivity index (χ3n) is 5.85. The first-order valence-electron chi connectivity index (χ1n) is 10.6. The molecule has 11 nitrogen and oxygen atoms in total. The summed E-state index contributed by atoms with van der Waals surface area (Å²) in [5.41, 5.74) is 4.62. The van der Waals surface area contributed by atoms with Crippen molar-refractivity contribution in [2.45, 2.75) is 25.8 Å². The second kappa shape index (κ2) is 8.61. The number of hydrogen-bond donors (Lipinski definition) is 2. The second-order valence-electron chi connectivity index (χ2n) is 8.05. The summed E-state index contributed by atoms with van der Waals surface area (Å²) in [6.45, 7) is 1.92. The summed E-state index contributed by atoms with van der Waals surface area (Å²) in [7, 11) is 1.60. The highest BCUT2D eigenvalue weighted by molar-refractivity contribution is 5.95. The van der Waals surface area contributed by atoms with Crippen molar-refractivity contribution in [3.63, 3.8) is 0 Å². The first-order valence-corrected chi connectivity index (χ1v) is 10.6. The molecule has 0 radical (unpaired) electrons. The van der Waals surface area contributed by atoms with Gasteiger partial charge < -0.3 is 25.1 Å². The van der Waals surface area contributed by atoms with Gasteiger partial charge in [-0.3, -0.25) is 10.0 Å². The Labute approximate surface area is 194 Å². The number of aromatic nitrogens is 5. The monoisotopic (exact) mass is 460 g/mol. The molecule has 3 heterocycles. The molecule has 0 bridgehead atoms. The molecule has 2 aromatic carbocycles. The largest absolute Gasteiger partial charge is 0.733 e. The van der Waals surface area contributed by atoms with Gasteiger partial charge >= 0.3 is 0 Å². The number of carbonyl (C=O) groups excluding carboxylic acids is 1. The van der Waals surface area contributed by atoms with Crippen LogP contribution in [0.25, 0.3) is 16.9 Å². The van der Waals surface area contributed by atoms with Crippen LogP contribution < -0.4 is 15.3 Å². The van der Waals surface area contributed by atoms with Crippen LogP contribution in [0.15, 0.2) is 55.1 Å². The number of ether oxygens (including phenoxy) is 1. The number of imidazole rings is 1. The molecule has 2 N–H and O–H groups in total. The molecule has 0 fully saturated rings. The van der Waals surface area contributed by atoms with Gasteiger partial charge in [0.25, 0.3) is 0 Å². The molecule has 174 valence electrons. The van der Waals surface area contributed by atoms with E-state index in [1.54, 1.807) is 36.4 Å². The van der Waals surface area contributed by atoms with Crippen LogP contribution >= 0.6 is 0 Å². The fourth-order valence-corrected chi connectivity index (χ4v) is 4.08. The van der Waals surface area contributed by atoms with E-state index in [4.69, 9.17) is 9.94 Å². The summed E-state index contributed by atoms with van der Waals surface area (Å²) in [4.78, 5) is 17.2. The molecule has 1 aliphatic heterocycles. The number of nitrogens with zero attached hydrogens (tertiary/aromatic N) is 6. The van der Waals surface area contributed by atoms with E-state index < -0.39 is 6.04 Å². The van der Waals surface area contributed by atoms with Gasteiger partial charge in [-0.2, -0.15) is 0 Å². The number of rotatable bonds is 5. The van der Waals surface area contributed by atoms with E-state index >= 15 is 0 Å². The minimum Gasteiger partial charge on any atom is -0.733 e. The molecule has 1 aliphatic rings. The molecule has 1 atom stereocenters. The standard InChI is InChI=1S/C23H22N7O4/c1-14-11-28(13-24-14)20-7-3-16(10-22(20)34-2)19-12-29(27-26-19)21-8-4-15-9-17(30(32)33)5-6-18(15)25-23(21)31/h3,5-7,9-13,21,32H,4,8H2,1-2H3,(H,25,31)/q-1. The summed E-state index contributed by atoms with van der Waals surface area (Å²) >= 11 is 0. The normalized spacial score (nSPS) is 15.4. The fraction of sp³-hybridized carbons (Fsp3) is 0.217. The highest BCUT2D eigenvalue weighted by atomic mass is 16.8. The summed E-state index contributed by atoms with van der Waals surface area (Å²) in [5.74, 6) is 0.425. The minimum absolute atomic E-state index is 0.109. The van der Waals surface area contributed by atoms with Crippen LogP contribution in [0.3, 0.4) is 0 Å². The molecule has 0 saturated carbocycles. The van der Waals surface area contributed by atoms with E-state index in [2.05, 4.69) is 20.6 Å². The van der Waals surface area contributed by atoms with Gasteiger partial charge in [-0.1, -0.05) is 11.3 Å². The van der Waals surface area contributed by atoms with Crippen molar-refractivity contribution in [2.24, 2.45) is 0 Å². The SMILES string of the molecule is COc1cc(-c2cn(C3CCc4cc(N([O-])O)ccc4NC3=O)nn2)ccc1-n1cnc(C)c1. The lowest BCUT2D eigenvalue weighted by Crippen LogP contribution is -2.25. The lowest BCUT2D eigenvalue weighted by Gasteiger charge is -2.22. The number of nitrogens with one attached hydrogen (secondary N) is 1. The lowest BCUT2D eigenvalue weighted by atomic mass is 10.1. The molecule has 5 rings (SSSR count). The number of fused-ring (bicyclic) bond motifs is 1. The summed E-state index contributed by atoms with van der Waals surface area (Å²) in [6, 6.07) is 9.73. The number of amides is 1. The average Bonchev–Trinajstić information content (AvgIpc) is 3.45. The van der Waals surface area contributed by atoms with Gasteiger partial charge in [-0.15, -0.1) is 5.10 Å². The first-order chi connectivity index (χ1) is 16.4. The van der Waals surface area contributed by atoms with Crippen LogP contribution in [0, 0.1) is 12.1 Å². The molecule has 2 aromatic heterocycles. The second-order valence-corrected chi connectivity index (χ2v) is 8.05. The van der Waals surface area contributed by atoms with E-state index in [-0.39, 0.29) is 16.8 Å². The molecular weight excluding hydrogens is 438 g/mol. The zero-order valence-corrected chi connectivity index (χ0v) is 18.5.